The van der Waals surface area contributed by atoms with Crippen LogP contribution in [0.1, 0.15) is 0 Å². The van der Waals surface area contributed by atoms with Crippen molar-refractivity contribution in [2.75, 3.05) is 6.66 Å². The molecule has 0 aliphatic carbocycles. The first-order valence-corrected chi connectivity index (χ1v) is 3.94. The van der Waals surface area contributed by atoms with Crippen LogP contribution in [-0.4, -0.2) is 6.66 Å². The normalized spacial score (nSPS) is 8.00. The van der Waals surface area contributed by atoms with Crippen LogP contribution in [-0.2, 0) is 0 Å². The molecule has 0 fully saturated rings. The number of rotatable bonds is 0. The quantitative estimate of drug-likeness (QED) is 0.514. The second kappa shape index (κ2) is 5.31. The number of halogens is 2. The van der Waals surface area contributed by atoms with Gasteiger partial charge in [0, 0.05) is 0 Å². The van der Waals surface area contributed by atoms with E-state index >= 15 is 0 Å². The van der Waals surface area contributed by atoms with Gasteiger partial charge in [-0.3, -0.25) is 0 Å². The zero-order chi connectivity index (χ0) is 7.98. The Morgan fingerprint density at radius 3 is 1.50 bits per heavy atom. The molecule has 0 aliphatic heterocycles. The fourth-order valence-electron chi connectivity index (χ4n) is 0.439. The first-order valence-electron chi connectivity index (χ1n) is 2.78. The molecule has 0 bridgehead atoms. The van der Waals surface area contributed by atoms with Crippen molar-refractivity contribution in [1.82, 2.24) is 0 Å². The smallest absolute Gasteiger partial charge is 0.158 e. The van der Waals surface area contributed by atoms with Crippen LogP contribution < -0.4 is 0 Å². The lowest BCUT2D eigenvalue weighted by atomic mass is 10.3. The molecule has 0 radical (unpaired) electrons. The van der Waals surface area contributed by atoms with Crippen molar-refractivity contribution in [2.24, 2.45) is 0 Å². The van der Waals surface area contributed by atoms with Crippen molar-refractivity contribution in [3.63, 3.8) is 0 Å². The van der Waals surface area contributed by atoms with Gasteiger partial charge in [-0.1, -0.05) is 18.8 Å². The molecule has 3 heteroatoms. The first-order chi connectivity index (χ1) is 4.80. The lowest BCUT2D eigenvalue weighted by Crippen LogP contribution is -1.77. The summed E-state index contributed by atoms with van der Waals surface area (Å²) in [6.45, 7) is 1.92. The number of benzene rings is 1. The van der Waals surface area contributed by atoms with Crippen LogP contribution in [0, 0.1) is 11.6 Å². The Balaban J connectivity index is 0.000000371. The average molecular weight is 162 g/mol. The van der Waals surface area contributed by atoms with E-state index in [9.17, 15) is 8.78 Å². The predicted molar refractivity (Wildman–Crippen MR) is 42.0 cm³/mol. The zero-order valence-electron chi connectivity index (χ0n) is 5.64. The number of hydrogen-bond donors (Lipinski definition) is 0. The minimum Gasteiger partial charge on any atom is -0.204 e. The molecular weight excluding hydrogens is 153 g/mol. The summed E-state index contributed by atoms with van der Waals surface area (Å²) < 4.78 is 23.9. The van der Waals surface area contributed by atoms with Crippen molar-refractivity contribution in [2.45, 2.75) is 0 Å². The fraction of sp³-hybridized carbons (Fsp3) is 0.143. The summed E-state index contributed by atoms with van der Waals surface area (Å²) in [7, 11) is 2.42. The minimum absolute atomic E-state index is 0.799. The Hall–Kier alpha value is -0.490. The summed E-state index contributed by atoms with van der Waals surface area (Å²) in [4.78, 5) is 0. The van der Waals surface area contributed by atoms with Crippen molar-refractivity contribution in [1.29, 1.82) is 0 Å². The molecule has 0 aliphatic rings. The van der Waals surface area contributed by atoms with Crippen LogP contribution in [0.3, 0.4) is 0 Å². The third-order valence-corrected chi connectivity index (χ3v) is 0.824. The third kappa shape index (κ3) is 2.88. The second-order valence-corrected chi connectivity index (χ2v) is 1.41. The molecule has 0 heterocycles. The van der Waals surface area contributed by atoms with Crippen LogP contribution in [0.2, 0.25) is 0 Å². The molecule has 0 saturated heterocycles. The van der Waals surface area contributed by atoms with Crippen molar-refractivity contribution >= 4 is 9.24 Å². The Kier molecular flexibility index (Phi) is 5.05. The van der Waals surface area contributed by atoms with Gasteiger partial charge in [0.05, 0.1) is 0 Å². The average Bonchev–Trinajstić information content (AvgIpc) is 2.00. The standard InChI is InChI=1S/C6H4F2.CH5P/c7-5-3-1-2-4-6(5)8;1-2/h1-4H;2H2,1H3. The van der Waals surface area contributed by atoms with E-state index in [-0.39, 0.29) is 0 Å². The minimum atomic E-state index is -0.799. The van der Waals surface area contributed by atoms with Crippen molar-refractivity contribution in [3.05, 3.63) is 35.9 Å². The lowest BCUT2D eigenvalue weighted by Gasteiger charge is -1.85. The molecule has 1 unspecified atom stereocenters. The Morgan fingerprint density at radius 1 is 1.00 bits per heavy atom. The van der Waals surface area contributed by atoms with Gasteiger partial charge in [0.25, 0.3) is 0 Å². The summed E-state index contributed by atoms with van der Waals surface area (Å²) in [5.41, 5.74) is 0. The van der Waals surface area contributed by atoms with E-state index in [1.807, 2.05) is 6.66 Å². The van der Waals surface area contributed by atoms with E-state index in [1.165, 1.54) is 12.1 Å². The van der Waals surface area contributed by atoms with Gasteiger partial charge < -0.3 is 0 Å². The van der Waals surface area contributed by atoms with Crippen LogP contribution in [0.25, 0.3) is 0 Å². The summed E-state index contributed by atoms with van der Waals surface area (Å²) in [6.07, 6.45) is 0. The summed E-state index contributed by atoms with van der Waals surface area (Å²) in [6, 6.07) is 5.04. The van der Waals surface area contributed by atoms with Gasteiger partial charge in [0.1, 0.15) is 0 Å². The van der Waals surface area contributed by atoms with Crippen LogP contribution in [0.4, 0.5) is 8.78 Å². The van der Waals surface area contributed by atoms with Crippen LogP contribution in [0.5, 0.6) is 0 Å². The fourth-order valence-corrected chi connectivity index (χ4v) is 0.439. The molecule has 0 N–H and O–H groups in total. The zero-order valence-corrected chi connectivity index (χ0v) is 6.80. The van der Waals surface area contributed by atoms with Gasteiger partial charge >= 0.3 is 0 Å². The molecule has 0 amide bonds. The van der Waals surface area contributed by atoms with Gasteiger partial charge in [-0.25, -0.2) is 8.78 Å². The highest BCUT2D eigenvalue weighted by Gasteiger charge is 1.93. The predicted octanol–water partition coefficient (Wildman–Crippen LogP) is 2.46. The van der Waals surface area contributed by atoms with Gasteiger partial charge in [0.15, 0.2) is 11.6 Å². The van der Waals surface area contributed by atoms with Gasteiger partial charge in [-0.15, -0.1) is 9.24 Å². The SMILES string of the molecule is CP.Fc1ccccc1F. The van der Waals surface area contributed by atoms with Crippen molar-refractivity contribution < 1.29 is 8.78 Å². The van der Waals surface area contributed by atoms with Gasteiger partial charge in [-0.05, 0) is 12.1 Å². The number of hydrogen-bond acceptors (Lipinski definition) is 0. The molecule has 0 spiro atoms. The molecule has 0 nitrogen and oxygen atoms in total. The van der Waals surface area contributed by atoms with Crippen LogP contribution >= 0.6 is 9.24 Å². The van der Waals surface area contributed by atoms with Crippen molar-refractivity contribution in [3.8, 4) is 0 Å². The summed E-state index contributed by atoms with van der Waals surface area (Å²) in [5, 5.41) is 0. The highest BCUT2D eigenvalue weighted by Crippen LogP contribution is 2.01. The molecule has 56 valence electrons. The van der Waals surface area contributed by atoms with E-state index in [0.29, 0.717) is 0 Å². The Labute approximate surface area is 61.5 Å². The molecular formula is C7H9F2P. The Morgan fingerprint density at radius 2 is 1.30 bits per heavy atom. The first kappa shape index (κ1) is 9.51. The second-order valence-electron chi connectivity index (χ2n) is 1.41. The van der Waals surface area contributed by atoms with Gasteiger partial charge in [-0.2, -0.15) is 0 Å². The Bertz CT molecular complexity index is 168. The van der Waals surface area contributed by atoms with Crippen LogP contribution in [0.15, 0.2) is 24.3 Å². The maximum Gasteiger partial charge on any atom is 0.158 e. The lowest BCUT2D eigenvalue weighted by molar-refractivity contribution is 0.508. The largest absolute Gasteiger partial charge is 0.204 e. The third-order valence-electron chi connectivity index (χ3n) is 0.824. The molecule has 1 aromatic rings. The summed E-state index contributed by atoms with van der Waals surface area (Å²) >= 11 is 0. The molecule has 10 heavy (non-hydrogen) atoms. The molecule has 0 aromatic heterocycles. The van der Waals surface area contributed by atoms with E-state index in [1.54, 1.807) is 0 Å². The van der Waals surface area contributed by atoms with E-state index < -0.39 is 11.6 Å². The maximum atomic E-state index is 11.9. The van der Waals surface area contributed by atoms with E-state index in [2.05, 4.69) is 9.24 Å². The van der Waals surface area contributed by atoms with E-state index in [0.717, 1.165) is 12.1 Å². The van der Waals surface area contributed by atoms with Gasteiger partial charge in [0.2, 0.25) is 0 Å². The molecule has 0 saturated carbocycles. The monoisotopic (exact) mass is 162 g/mol. The summed E-state index contributed by atoms with van der Waals surface area (Å²) in [5.74, 6) is -1.60. The highest BCUT2D eigenvalue weighted by molar-refractivity contribution is 7.15. The molecule has 1 aromatic carbocycles. The highest BCUT2D eigenvalue weighted by atomic mass is 31.0. The topological polar surface area (TPSA) is 0 Å². The molecule has 1 atom stereocenters. The van der Waals surface area contributed by atoms with E-state index in [4.69, 9.17) is 0 Å². The maximum absolute atomic E-state index is 11.9. The molecule has 1 rings (SSSR count).